The van der Waals surface area contributed by atoms with Gasteiger partial charge in [-0.15, -0.1) is 0 Å². The van der Waals surface area contributed by atoms with Gasteiger partial charge in [-0.3, -0.25) is 0 Å². The number of pyridine rings is 2. The van der Waals surface area contributed by atoms with Gasteiger partial charge in [0.05, 0.1) is 16.0 Å². The molecule has 0 spiro atoms. The van der Waals surface area contributed by atoms with Crippen molar-refractivity contribution in [2.45, 2.75) is 0 Å². The van der Waals surface area contributed by atoms with Gasteiger partial charge in [-0.25, -0.2) is 18.7 Å². The van der Waals surface area contributed by atoms with Crippen molar-refractivity contribution in [3.05, 3.63) is 57.7 Å². The van der Waals surface area contributed by atoms with Crippen LogP contribution < -0.4 is 0 Å². The molecule has 0 radical (unpaired) electrons. The fourth-order valence-corrected chi connectivity index (χ4v) is 1.14. The van der Waals surface area contributed by atoms with Gasteiger partial charge in [-0.2, -0.15) is 8.78 Å². The third-order valence-electron chi connectivity index (χ3n) is 1.47. The van der Waals surface area contributed by atoms with Gasteiger partial charge in [0, 0.05) is 43.3 Å². The van der Waals surface area contributed by atoms with E-state index in [2.05, 4.69) is 47.2 Å². The Kier molecular flexibility index (Phi) is 11.1. The minimum atomic E-state index is -0.661. The van der Waals surface area contributed by atoms with Gasteiger partial charge in [-0.05, 0) is 34.7 Å². The van der Waals surface area contributed by atoms with Crippen molar-refractivity contribution >= 4 is 59.8 Å². The summed E-state index contributed by atoms with van der Waals surface area (Å²) in [5.41, 5.74) is 0. The zero-order valence-electron chi connectivity index (χ0n) is 8.93. The van der Waals surface area contributed by atoms with Gasteiger partial charge in [0.1, 0.15) is 5.82 Å². The average Bonchev–Trinajstić information content (AvgIpc) is 2.41. The van der Waals surface area contributed by atoms with E-state index in [1.165, 1.54) is 0 Å². The molecule has 0 saturated heterocycles. The first kappa shape index (κ1) is 19.2. The molecule has 0 aromatic carbocycles. The molecule has 2 aromatic heterocycles. The van der Waals surface area contributed by atoms with Crippen LogP contribution in [0.1, 0.15) is 0 Å². The van der Waals surface area contributed by atoms with Crippen LogP contribution in [0.2, 0.25) is 0 Å². The van der Waals surface area contributed by atoms with Gasteiger partial charge < -0.3 is 0 Å². The Bertz CT molecular complexity index is 476. The van der Waals surface area contributed by atoms with Crippen molar-refractivity contribution in [2.75, 3.05) is 0 Å². The summed E-state index contributed by atoms with van der Waals surface area (Å²) in [5.74, 6) is -2.32. The highest BCUT2D eigenvalue weighted by Crippen LogP contribution is 2.08. The van der Waals surface area contributed by atoms with Crippen LogP contribution in [0.3, 0.4) is 0 Å². The van der Waals surface area contributed by atoms with Crippen molar-refractivity contribution in [1.29, 1.82) is 0 Å². The molecule has 19 heavy (non-hydrogen) atoms. The van der Waals surface area contributed by atoms with E-state index in [-0.39, 0.29) is 3.57 Å². The van der Waals surface area contributed by atoms with Crippen molar-refractivity contribution < 1.29 is 17.6 Å². The van der Waals surface area contributed by atoms with Crippen LogP contribution >= 0.6 is 59.8 Å². The van der Waals surface area contributed by atoms with E-state index in [1.807, 2.05) is 0 Å². The summed E-state index contributed by atoms with van der Waals surface area (Å²) < 4.78 is 48.2. The molecule has 0 bridgehead atoms. The Labute approximate surface area is 143 Å². The van der Waals surface area contributed by atoms with Gasteiger partial charge in [0.2, 0.25) is 11.9 Å². The van der Waals surface area contributed by atoms with E-state index in [0.717, 1.165) is 30.6 Å². The Balaban J connectivity index is 0.000000303. The minimum Gasteiger partial charge on any atom is -0.225 e. The largest absolute Gasteiger partial charge is 0.225 e. The maximum atomic E-state index is 12.3. The number of hydrogen-bond acceptors (Lipinski definition) is 2. The van der Waals surface area contributed by atoms with Crippen molar-refractivity contribution in [1.82, 2.24) is 9.97 Å². The summed E-state index contributed by atoms with van der Waals surface area (Å²) in [6.45, 7) is 0. The molecule has 104 valence electrons. The molecule has 0 N–H and O–H groups in total. The molecule has 0 unspecified atom stereocenters. The number of halogens is 7. The third-order valence-corrected chi connectivity index (χ3v) is 2.29. The van der Waals surface area contributed by atoms with E-state index in [1.54, 1.807) is 22.6 Å². The van der Waals surface area contributed by atoms with Crippen molar-refractivity contribution in [3.63, 3.8) is 0 Å². The molecular weight excluding hydrogens is 605 g/mol. The minimum absolute atomic E-state index is 0.250. The fourth-order valence-electron chi connectivity index (χ4n) is 0.749. The lowest BCUT2D eigenvalue weighted by atomic mass is 10.5. The molecule has 2 nitrogen and oxygen atoms in total. The SMILES string of the molecule is Fc1cc(I)c(F)cn1.Fc1ccc(F)nc1.II. The van der Waals surface area contributed by atoms with Crippen LogP contribution in [0.15, 0.2) is 30.6 Å². The first-order chi connectivity index (χ1) is 8.99. The van der Waals surface area contributed by atoms with Crippen LogP contribution in [0.5, 0.6) is 0 Å². The topological polar surface area (TPSA) is 25.8 Å². The van der Waals surface area contributed by atoms with Crippen LogP contribution in [0.4, 0.5) is 17.6 Å². The average molecular weight is 610 g/mol. The summed E-state index contributed by atoms with van der Waals surface area (Å²) in [6.07, 6.45) is 1.69. The highest BCUT2D eigenvalue weighted by molar-refractivity contribution is 15.0. The number of nitrogens with zero attached hydrogens (tertiary/aromatic N) is 2. The Hall–Kier alpha value is 0.210. The standard InChI is InChI=1S/C5H2F2IN.C5H3F2N.I2/c6-3-2-9-5(7)1-4(3)8;6-4-1-2-5(7)8-3-4;1-2/h1-2H;1-3H;. The second-order valence-corrected chi connectivity index (χ2v) is 3.88. The molecule has 9 heteroatoms. The van der Waals surface area contributed by atoms with E-state index < -0.39 is 23.5 Å². The smallest absolute Gasteiger partial charge is 0.214 e. The predicted molar refractivity (Wildman–Crippen MR) is 89.1 cm³/mol. The first-order valence-electron chi connectivity index (χ1n) is 4.37. The van der Waals surface area contributed by atoms with Gasteiger partial charge >= 0.3 is 0 Å². The Morgan fingerprint density at radius 2 is 1.42 bits per heavy atom. The summed E-state index contributed by atoms with van der Waals surface area (Å²) in [6, 6.07) is 3.02. The molecule has 2 rings (SSSR count). The Morgan fingerprint density at radius 1 is 0.842 bits per heavy atom. The molecule has 0 aliphatic rings. The Morgan fingerprint density at radius 3 is 1.79 bits per heavy atom. The van der Waals surface area contributed by atoms with Crippen molar-refractivity contribution in [2.24, 2.45) is 0 Å². The molecule has 2 heterocycles. The molecule has 0 saturated carbocycles. The van der Waals surface area contributed by atoms with Crippen LogP contribution in [-0.2, 0) is 0 Å². The number of aromatic nitrogens is 2. The van der Waals surface area contributed by atoms with E-state index >= 15 is 0 Å². The summed E-state index contributed by atoms with van der Waals surface area (Å²) in [4.78, 5) is 6.13. The van der Waals surface area contributed by atoms with Crippen molar-refractivity contribution in [3.8, 4) is 0 Å². The molecule has 0 aliphatic heterocycles. The van der Waals surface area contributed by atoms with Gasteiger partial charge in [0.25, 0.3) is 0 Å². The molecule has 0 aliphatic carbocycles. The quantitative estimate of drug-likeness (QED) is 0.236. The zero-order valence-corrected chi connectivity index (χ0v) is 15.4. The summed E-state index contributed by atoms with van der Waals surface area (Å²) >= 11 is 5.93. The van der Waals surface area contributed by atoms with E-state index in [9.17, 15) is 17.6 Å². The second kappa shape index (κ2) is 10.9. The lowest BCUT2D eigenvalue weighted by Gasteiger charge is -1.90. The highest BCUT2D eigenvalue weighted by Gasteiger charge is 1.98. The number of hydrogen-bond donors (Lipinski definition) is 0. The molecule has 2 aromatic rings. The monoisotopic (exact) mass is 610 g/mol. The fraction of sp³-hybridized carbons (Fsp3) is 0. The molecule has 0 fully saturated rings. The second-order valence-electron chi connectivity index (χ2n) is 2.72. The summed E-state index contributed by atoms with van der Waals surface area (Å²) in [7, 11) is 0. The van der Waals surface area contributed by atoms with E-state index in [4.69, 9.17) is 0 Å². The van der Waals surface area contributed by atoms with Crippen LogP contribution in [0.25, 0.3) is 0 Å². The number of rotatable bonds is 0. The first-order valence-corrected chi connectivity index (χ1v) is 11.7. The maximum Gasteiger partial charge on any atom is 0.214 e. The summed E-state index contributed by atoms with van der Waals surface area (Å²) in [5, 5.41) is 0. The predicted octanol–water partition coefficient (Wildman–Crippen LogP) is 5.10. The maximum absolute atomic E-state index is 12.3. The van der Waals surface area contributed by atoms with Crippen LogP contribution in [0, 0.1) is 27.1 Å². The normalized spacial score (nSPS) is 8.79. The zero-order chi connectivity index (χ0) is 14.8. The third kappa shape index (κ3) is 8.88. The molecule has 0 amide bonds. The van der Waals surface area contributed by atoms with E-state index in [0.29, 0.717) is 0 Å². The lowest BCUT2D eigenvalue weighted by molar-refractivity contribution is 0.555. The highest BCUT2D eigenvalue weighted by atomic mass is 128. The lowest BCUT2D eigenvalue weighted by Crippen LogP contribution is -1.87. The van der Waals surface area contributed by atoms with Gasteiger partial charge in [-0.1, -0.05) is 0 Å². The van der Waals surface area contributed by atoms with Crippen LogP contribution in [-0.4, -0.2) is 9.97 Å². The molecule has 0 atom stereocenters. The molecular formula is C10H5F4I3N2. The van der Waals surface area contributed by atoms with Gasteiger partial charge in [0.15, 0.2) is 5.82 Å².